The molecule has 0 aromatic heterocycles. The van der Waals surface area contributed by atoms with E-state index in [9.17, 15) is 9.59 Å². The molecule has 0 amide bonds. The minimum Gasteiger partial charge on any atom is -0.391 e. The second-order valence-corrected chi connectivity index (χ2v) is 2.46. The van der Waals surface area contributed by atoms with E-state index in [1.807, 2.05) is 0 Å². The summed E-state index contributed by atoms with van der Waals surface area (Å²) in [5.41, 5.74) is 0. The molecular weight excluding hydrogens is 152 g/mol. The monoisotopic (exact) mass is 162 g/mol. The summed E-state index contributed by atoms with van der Waals surface area (Å²) in [7, 11) is 0. The van der Waals surface area contributed by atoms with Crippen LogP contribution in [0.4, 0.5) is 0 Å². The SMILES string of the molecule is CCC(=O)OSCC(C)=O. The van der Waals surface area contributed by atoms with Gasteiger partial charge in [0.1, 0.15) is 5.78 Å². The van der Waals surface area contributed by atoms with E-state index < -0.39 is 0 Å². The normalized spacial score (nSPS) is 9.00. The van der Waals surface area contributed by atoms with Crippen LogP contribution in [0.1, 0.15) is 20.3 Å². The number of carbonyl (C=O) groups excluding carboxylic acids is 2. The van der Waals surface area contributed by atoms with Crippen molar-refractivity contribution in [3.8, 4) is 0 Å². The second-order valence-electron chi connectivity index (χ2n) is 1.77. The molecule has 0 fully saturated rings. The third-order valence-electron chi connectivity index (χ3n) is 0.703. The number of carbonyl (C=O) groups is 2. The van der Waals surface area contributed by atoms with Gasteiger partial charge < -0.3 is 4.18 Å². The zero-order valence-corrected chi connectivity index (χ0v) is 6.86. The molecule has 3 nitrogen and oxygen atoms in total. The molecule has 0 atom stereocenters. The lowest BCUT2D eigenvalue weighted by molar-refractivity contribution is -0.132. The Kier molecular flexibility index (Phi) is 5.02. The maximum absolute atomic E-state index is 10.4. The Hall–Kier alpha value is -0.510. The van der Waals surface area contributed by atoms with Gasteiger partial charge in [-0.2, -0.15) is 0 Å². The van der Waals surface area contributed by atoms with Crippen LogP contribution in [0.5, 0.6) is 0 Å². The van der Waals surface area contributed by atoms with Gasteiger partial charge >= 0.3 is 5.97 Å². The summed E-state index contributed by atoms with van der Waals surface area (Å²) in [5.74, 6) is -0.0358. The van der Waals surface area contributed by atoms with Crippen LogP contribution >= 0.6 is 12.0 Å². The van der Waals surface area contributed by atoms with Gasteiger partial charge in [0.25, 0.3) is 0 Å². The number of rotatable bonds is 4. The van der Waals surface area contributed by atoms with E-state index in [1.165, 1.54) is 6.92 Å². The van der Waals surface area contributed by atoms with Crippen molar-refractivity contribution < 1.29 is 13.8 Å². The summed E-state index contributed by atoms with van der Waals surface area (Å²) >= 11 is 0.895. The highest BCUT2D eigenvalue weighted by atomic mass is 32.2. The Balaban J connectivity index is 3.20. The molecule has 4 heteroatoms. The molecule has 0 spiro atoms. The van der Waals surface area contributed by atoms with Crippen molar-refractivity contribution in [3.63, 3.8) is 0 Å². The van der Waals surface area contributed by atoms with Crippen molar-refractivity contribution in [1.29, 1.82) is 0 Å². The zero-order valence-electron chi connectivity index (χ0n) is 6.05. The summed E-state index contributed by atoms with van der Waals surface area (Å²) in [4.78, 5) is 20.7. The first-order valence-electron chi connectivity index (χ1n) is 2.98. The molecule has 0 saturated heterocycles. The van der Waals surface area contributed by atoms with Crippen LogP contribution in [0.15, 0.2) is 0 Å². The van der Waals surface area contributed by atoms with Crippen molar-refractivity contribution in [1.82, 2.24) is 0 Å². The van der Waals surface area contributed by atoms with E-state index in [2.05, 4.69) is 4.18 Å². The number of ketones is 1. The van der Waals surface area contributed by atoms with E-state index >= 15 is 0 Å². The smallest absolute Gasteiger partial charge is 0.317 e. The second kappa shape index (κ2) is 5.29. The van der Waals surface area contributed by atoms with Gasteiger partial charge in [-0.3, -0.25) is 9.59 Å². The number of hydrogen-bond donors (Lipinski definition) is 0. The van der Waals surface area contributed by atoms with Crippen molar-refractivity contribution >= 4 is 23.8 Å². The van der Waals surface area contributed by atoms with Gasteiger partial charge in [-0.25, -0.2) is 0 Å². The predicted molar refractivity (Wildman–Crippen MR) is 39.5 cm³/mol. The van der Waals surface area contributed by atoms with Crippen molar-refractivity contribution in [2.45, 2.75) is 20.3 Å². The third kappa shape index (κ3) is 5.62. The Bertz CT molecular complexity index is 133. The van der Waals surface area contributed by atoms with Gasteiger partial charge in [-0.15, -0.1) is 0 Å². The molecule has 10 heavy (non-hydrogen) atoms. The highest BCUT2D eigenvalue weighted by molar-refractivity contribution is 7.95. The fourth-order valence-corrected chi connectivity index (χ4v) is 0.711. The maximum atomic E-state index is 10.4. The van der Waals surface area contributed by atoms with Crippen LogP contribution in [-0.2, 0) is 13.8 Å². The van der Waals surface area contributed by atoms with Gasteiger partial charge in [-0.05, 0) is 6.92 Å². The Labute approximate surface area is 64.3 Å². The Morgan fingerprint density at radius 3 is 2.50 bits per heavy atom. The Morgan fingerprint density at radius 2 is 2.10 bits per heavy atom. The molecule has 0 heterocycles. The van der Waals surface area contributed by atoms with Gasteiger partial charge in [0, 0.05) is 6.42 Å². The standard InChI is InChI=1S/C6H10O3S/c1-3-6(8)9-10-4-5(2)7/h3-4H2,1-2H3. The molecule has 58 valence electrons. The molecule has 0 radical (unpaired) electrons. The van der Waals surface area contributed by atoms with Gasteiger partial charge in [0.15, 0.2) is 0 Å². The molecule has 0 bridgehead atoms. The molecule has 0 aliphatic rings. The van der Waals surface area contributed by atoms with Gasteiger partial charge in [0.05, 0.1) is 17.8 Å². The quantitative estimate of drug-likeness (QED) is 0.582. The third-order valence-corrected chi connectivity index (χ3v) is 1.53. The summed E-state index contributed by atoms with van der Waals surface area (Å²) in [6, 6.07) is 0. The van der Waals surface area contributed by atoms with Gasteiger partial charge in [-0.1, -0.05) is 6.92 Å². The largest absolute Gasteiger partial charge is 0.391 e. The molecule has 0 unspecified atom stereocenters. The van der Waals surface area contributed by atoms with E-state index in [-0.39, 0.29) is 17.5 Å². The first-order valence-corrected chi connectivity index (χ1v) is 3.89. The van der Waals surface area contributed by atoms with E-state index in [0.29, 0.717) is 6.42 Å². The predicted octanol–water partition coefficient (Wildman–Crippen LogP) is 1.18. The molecule has 0 aromatic carbocycles. The fraction of sp³-hybridized carbons (Fsp3) is 0.667. The minimum atomic E-state index is -0.286. The van der Waals surface area contributed by atoms with Crippen molar-refractivity contribution in [2.24, 2.45) is 0 Å². The van der Waals surface area contributed by atoms with E-state index in [1.54, 1.807) is 6.92 Å². The van der Waals surface area contributed by atoms with E-state index in [4.69, 9.17) is 0 Å². The molecule has 0 aromatic rings. The molecule has 0 N–H and O–H groups in total. The number of hydrogen-bond acceptors (Lipinski definition) is 4. The molecule has 0 aliphatic heterocycles. The van der Waals surface area contributed by atoms with Crippen LogP contribution in [-0.4, -0.2) is 17.5 Å². The first-order chi connectivity index (χ1) is 4.66. The van der Waals surface area contributed by atoms with Crippen LogP contribution in [0.3, 0.4) is 0 Å². The molecule has 0 saturated carbocycles. The lowest BCUT2D eigenvalue weighted by Gasteiger charge is -1.96. The van der Waals surface area contributed by atoms with Crippen molar-refractivity contribution in [2.75, 3.05) is 5.75 Å². The summed E-state index contributed by atoms with van der Waals surface area (Å²) < 4.78 is 4.56. The summed E-state index contributed by atoms with van der Waals surface area (Å²) in [5, 5.41) is 0. The van der Waals surface area contributed by atoms with Crippen molar-refractivity contribution in [3.05, 3.63) is 0 Å². The maximum Gasteiger partial charge on any atom is 0.317 e. The fourth-order valence-electron chi connectivity index (χ4n) is 0.237. The highest BCUT2D eigenvalue weighted by Gasteiger charge is 2.00. The number of Topliss-reactive ketones (excluding diaryl/α,β-unsaturated/α-hetero) is 1. The van der Waals surface area contributed by atoms with Crippen LogP contribution in [0.2, 0.25) is 0 Å². The zero-order chi connectivity index (χ0) is 7.98. The van der Waals surface area contributed by atoms with Crippen LogP contribution < -0.4 is 0 Å². The lowest BCUT2D eigenvalue weighted by atomic mass is 10.5. The molecule has 0 aliphatic carbocycles. The molecular formula is C6H10O3S. The van der Waals surface area contributed by atoms with E-state index in [0.717, 1.165) is 12.0 Å². The lowest BCUT2D eigenvalue weighted by Crippen LogP contribution is -1.99. The average Bonchev–Trinajstić information content (AvgIpc) is 1.87. The average molecular weight is 162 g/mol. The topological polar surface area (TPSA) is 43.4 Å². The molecule has 0 rings (SSSR count). The summed E-state index contributed by atoms with van der Waals surface area (Å²) in [6.07, 6.45) is 0.352. The highest BCUT2D eigenvalue weighted by Crippen LogP contribution is 2.03. The minimum absolute atomic E-state index is 0.00824. The summed E-state index contributed by atoms with van der Waals surface area (Å²) in [6.45, 7) is 3.16. The Morgan fingerprint density at radius 1 is 1.50 bits per heavy atom. The van der Waals surface area contributed by atoms with Crippen LogP contribution in [0.25, 0.3) is 0 Å². The first kappa shape index (κ1) is 9.49. The van der Waals surface area contributed by atoms with Gasteiger partial charge in [0.2, 0.25) is 0 Å². The van der Waals surface area contributed by atoms with Crippen LogP contribution in [0, 0.1) is 0 Å².